The number of carbonyl (C=O) groups excluding carboxylic acids is 1. The Morgan fingerprint density at radius 1 is 1.30 bits per heavy atom. The first-order valence-corrected chi connectivity index (χ1v) is 8.20. The first-order chi connectivity index (χ1) is 9.69. The second-order valence-electron chi connectivity index (χ2n) is 5.91. The highest BCUT2D eigenvalue weighted by atomic mass is 32.2. The van der Waals surface area contributed by atoms with Gasteiger partial charge in [-0.1, -0.05) is 0 Å². The summed E-state index contributed by atoms with van der Waals surface area (Å²) in [4.78, 5) is 17.0. The van der Waals surface area contributed by atoms with Crippen molar-refractivity contribution in [3.8, 4) is 0 Å². The van der Waals surface area contributed by atoms with Crippen LogP contribution >= 0.6 is 11.8 Å². The van der Waals surface area contributed by atoms with E-state index in [1.54, 1.807) is 0 Å². The first kappa shape index (κ1) is 12.5. The van der Waals surface area contributed by atoms with Crippen molar-refractivity contribution in [1.82, 2.24) is 4.98 Å². The van der Waals surface area contributed by atoms with Crippen LogP contribution in [0.2, 0.25) is 0 Å². The topological polar surface area (TPSA) is 43.1 Å². The summed E-state index contributed by atoms with van der Waals surface area (Å²) >= 11 is 2.09. The van der Waals surface area contributed by atoms with Gasteiger partial charge in [-0.2, -0.15) is 11.8 Å². The molecule has 0 spiro atoms. The monoisotopic (exact) mass is 287 g/mol. The summed E-state index contributed by atoms with van der Waals surface area (Å²) in [5, 5.41) is 1.41. The van der Waals surface area contributed by atoms with Crippen LogP contribution in [0, 0.1) is 12.8 Å². The van der Waals surface area contributed by atoms with E-state index in [0.29, 0.717) is 16.4 Å². The smallest absolute Gasteiger partial charge is 0.192 e. The zero-order valence-electron chi connectivity index (χ0n) is 11.5. The molecule has 2 unspecified atom stereocenters. The van der Waals surface area contributed by atoms with Gasteiger partial charge in [-0.3, -0.25) is 4.79 Å². The molecule has 1 aromatic heterocycles. The molecule has 104 valence electrons. The van der Waals surface area contributed by atoms with Gasteiger partial charge in [-0.15, -0.1) is 0 Å². The number of benzene rings is 1. The van der Waals surface area contributed by atoms with Crippen molar-refractivity contribution in [3.63, 3.8) is 0 Å². The molecule has 2 saturated heterocycles. The first-order valence-electron chi connectivity index (χ1n) is 7.26. The molecule has 0 N–H and O–H groups in total. The molecule has 20 heavy (non-hydrogen) atoms. The highest BCUT2D eigenvalue weighted by Gasteiger charge is 2.37. The van der Waals surface area contributed by atoms with Crippen molar-refractivity contribution in [2.24, 2.45) is 5.92 Å². The van der Waals surface area contributed by atoms with Crippen molar-refractivity contribution in [1.29, 1.82) is 0 Å². The van der Waals surface area contributed by atoms with E-state index in [-0.39, 0.29) is 11.7 Å². The largest absolute Gasteiger partial charge is 0.441 e. The molecule has 0 saturated carbocycles. The predicted molar refractivity (Wildman–Crippen MR) is 80.2 cm³/mol. The Balaban J connectivity index is 1.63. The molecule has 2 fully saturated rings. The van der Waals surface area contributed by atoms with E-state index in [4.69, 9.17) is 4.42 Å². The average Bonchev–Trinajstić information content (AvgIpc) is 2.98. The number of nitrogens with zero attached hydrogens (tertiary/aromatic N) is 1. The number of oxazole rings is 1. The van der Waals surface area contributed by atoms with Crippen LogP contribution in [0.4, 0.5) is 0 Å². The molecule has 0 radical (unpaired) electrons. The number of rotatable bonds is 2. The van der Waals surface area contributed by atoms with Gasteiger partial charge >= 0.3 is 0 Å². The zero-order chi connectivity index (χ0) is 13.7. The zero-order valence-corrected chi connectivity index (χ0v) is 12.3. The number of aromatic nitrogens is 1. The normalized spacial score (nSPS) is 28.9. The lowest BCUT2D eigenvalue weighted by Gasteiger charge is -2.26. The number of fused-ring (bicyclic) bond motifs is 3. The maximum absolute atomic E-state index is 12.7. The van der Waals surface area contributed by atoms with E-state index in [9.17, 15) is 4.79 Å². The molecule has 4 rings (SSSR count). The van der Waals surface area contributed by atoms with Gasteiger partial charge in [-0.05, 0) is 43.9 Å². The molecule has 2 aromatic rings. The fourth-order valence-corrected chi connectivity index (χ4v) is 5.28. The van der Waals surface area contributed by atoms with Crippen LogP contribution in [0.5, 0.6) is 0 Å². The van der Waals surface area contributed by atoms with Crippen molar-refractivity contribution in [2.45, 2.75) is 43.1 Å². The number of thioether (sulfide) groups is 1. The quantitative estimate of drug-likeness (QED) is 0.783. The van der Waals surface area contributed by atoms with Crippen molar-refractivity contribution in [3.05, 3.63) is 29.7 Å². The molecule has 4 heteroatoms. The summed E-state index contributed by atoms with van der Waals surface area (Å²) in [6.07, 6.45) is 4.68. The van der Waals surface area contributed by atoms with Crippen molar-refractivity contribution < 1.29 is 9.21 Å². The minimum atomic E-state index is 0.204. The summed E-state index contributed by atoms with van der Waals surface area (Å²) in [6.45, 7) is 1.83. The van der Waals surface area contributed by atoms with E-state index in [0.717, 1.165) is 29.5 Å². The highest BCUT2D eigenvalue weighted by Crippen LogP contribution is 2.46. The Morgan fingerprint density at radius 2 is 2.05 bits per heavy atom. The number of aryl methyl sites for hydroxylation is 1. The van der Waals surface area contributed by atoms with Crippen LogP contribution < -0.4 is 0 Å². The average molecular weight is 287 g/mol. The summed E-state index contributed by atoms with van der Waals surface area (Å²) in [6, 6.07) is 5.66. The number of ketones is 1. The van der Waals surface area contributed by atoms with Crippen LogP contribution in [0.1, 0.15) is 41.9 Å². The van der Waals surface area contributed by atoms with Gasteiger partial charge in [0.05, 0.1) is 0 Å². The van der Waals surface area contributed by atoms with E-state index in [2.05, 4.69) is 16.7 Å². The Bertz CT molecular complexity index is 666. The van der Waals surface area contributed by atoms with E-state index < -0.39 is 0 Å². The van der Waals surface area contributed by atoms with Crippen LogP contribution in [0.25, 0.3) is 11.1 Å². The molecule has 1 aromatic carbocycles. The molecule has 0 amide bonds. The minimum Gasteiger partial charge on any atom is -0.441 e. The highest BCUT2D eigenvalue weighted by molar-refractivity contribution is 8.00. The lowest BCUT2D eigenvalue weighted by atomic mass is 9.90. The van der Waals surface area contributed by atoms with Gasteiger partial charge in [0.25, 0.3) is 0 Å². The lowest BCUT2D eigenvalue weighted by molar-refractivity contribution is 0.0907. The van der Waals surface area contributed by atoms with Gasteiger partial charge in [0, 0.05) is 28.9 Å². The molecule has 0 aliphatic carbocycles. The molecule has 2 aliphatic rings. The summed E-state index contributed by atoms with van der Waals surface area (Å²) in [7, 11) is 0. The van der Waals surface area contributed by atoms with Gasteiger partial charge in [0.1, 0.15) is 5.52 Å². The van der Waals surface area contributed by atoms with E-state index in [1.165, 1.54) is 12.8 Å². The van der Waals surface area contributed by atoms with Gasteiger partial charge < -0.3 is 4.42 Å². The van der Waals surface area contributed by atoms with Crippen LogP contribution in [0.3, 0.4) is 0 Å². The lowest BCUT2D eigenvalue weighted by Crippen LogP contribution is -2.24. The van der Waals surface area contributed by atoms with Gasteiger partial charge in [0.2, 0.25) is 0 Å². The second-order valence-corrected chi connectivity index (χ2v) is 7.51. The third-order valence-electron chi connectivity index (χ3n) is 4.44. The van der Waals surface area contributed by atoms with Crippen LogP contribution in [0.15, 0.2) is 22.6 Å². The Hall–Kier alpha value is -1.29. The molecule has 3 heterocycles. The predicted octanol–water partition coefficient (Wildman–Crippen LogP) is 3.99. The Kier molecular flexibility index (Phi) is 2.88. The number of hydrogen-bond acceptors (Lipinski definition) is 4. The number of hydrogen-bond donors (Lipinski definition) is 0. The van der Waals surface area contributed by atoms with E-state index >= 15 is 0 Å². The standard InChI is InChI=1S/C16H17NO2S/c1-9-17-14-5-2-10(8-15(14)19-9)16(18)11-6-12-3-4-13(7-11)20-12/h2,5,8,11-13H,3-4,6-7H2,1H3. The fourth-order valence-electron chi connectivity index (χ4n) is 3.50. The molecular formula is C16H17NO2S. The molecule has 3 nitrogen and oxygen atoms in total. The van der Waals surface area contributed by atoms with Crippen LogP contribution in [-0.4, -0.2) is 21.3 Å². The molecule has 2 aliphatic heterocycles. The maximum Gasteiger partial charge on any atom is 0.192 e. The minimum absolute atomic E-state index is 0.204. The van der Waals surface area contributed by atoms with Gasteiger partial charge in [-0.25, -0.2) is 4.98 Å². The fraction of sp³-hybridized carbons (Fsp3) is 0.500. The Labute approximate surface area is 122 Å². The summed E-state index contributed by atoms with van der Waals surface area (Å²) < 4.78 is 5.53. The SMILES string of the molecule is Cc1nc2ccc(C(=O)C3CC4CCC(C3)S4)cc2o1. The molecule has 2 atom stereocenters. The number of carbonyl (C=O) groups is 1. The maximum atomic E-state index is 12.7. The third-order valence-corrected chi connectivity index (χ3v) is 6.07. The number of Topliss-reactive ketones (excluding diaryl/α,β-unsaturated/α-hetero) is 1. The molecular weight excluding hydrogens is 270 g/mol. The van der Waals surface area contributed by atoms with Crippen LogP contribution in [-0.2, 0) is 0 Å². The Morgan fingerprint density at radius 3 is 2.80 bits per heavy atom. The molecule has 2 bridgehead atoms. The van der Waals surface area contributed by atoms with Crippen molar-refractivity contribution in [2.75, 3.05) is 0 Å². The second kappa shape index (κ2) is 4.62. The summed E-state index contributed by atoms with van der Waals surface area (Å²) in [5.41, 5.74) is 2.34. The van der Waals surface area contributed by atoms with Crippen molar-refractivity contribution >= 4 is 28.6 Å². The van der Waals surface area contributed by atoms with Gasteiger partial charge in [0.15, 0.2) is 17.3 Å². The third kappa shape index (κ3) is 2.06. The van der Waals surface area contributed by atoms with E-state index in [1.807, 2.05) is 25.1 Å². The summed E-state index contributed by atoms with van der Waals surface area (Å²) in [5.74, 6) is 1.14.